The number of hydrogen-bond acceptors (Lipinski definition) is 4. The Bertz CT molecular complexity index is 531. The summed E-state index contributed by atoms with van der Waals surface area (Å²) in [6.45, 7) is 0.464. The van der Waals surface area contributed by atoms with E-state index in [0.717, 1.165) is 14.5 Å². The highest BCUT2D eigenvalue weighted by molar-refractivity contribution is 9.11. The van der Waals surface area contributed by atoms with E-state index >= 15 is 0 Å². The molecule has 0 bridgehead atoms. The number of nitrogens with one attached hydrogen (secondary N) is 1. The molecule has 6 heteroatoms. The maximum Gasteiger partial charge on any atom is 0.233 e. The first-order valence-electron chi connectivity index (χ1n) is 5.26. The third kappa shape index (κ3) is 3.20. The van der Waals surface area contributed by atoms with Gasteiger partial charge in [0.1, 0.15) is 23.2 Å². The summed E-state index contributed by atoms with van der Waals surface area (Å²) in [5.41, 5.74) is 1.08. The summed E-state index contributed by atoms with van der Waals surface area (Å²) < 4.78 is 7.43. The predicted octanol–water partition coefficient (Wildman–Crippen LogP) is 3.62. The van der Waals surface area contributed by atoms with Crippen molar-refractivity contribution in [3.63, 3.8) is 0 Å². The van der Waals surface area contributed by atoms with E-state index in [4.69, 9.17) is 4.74 Å². The Kier molecular flexibility index (Phi) is 4.54. The van der Waals surface area contributed by atoms with Crippen LogP contribution in [0, 0.1) is 0 Å². The Morgan fingerprint density at radius 1 is 1.17 bits per heavy atom. The SMILES string of the molecule is CNc1ncnc(OCc2ccc(Br)cc2)c1Br. The first-order valence-corrected chi connectivity index (χ1v) is 6.85. The zero-order chi connectivity index (χ0) is 13.0. The van der Waals surface area contributed by atoms with Crippen LogP contribution in [0.3, 0.4) is 0 Å². The summed E-state index contributed by atoms with van der Waals surface area (Å²) in [5.74, 6) is 1.23. The molecule has 94 valence electrons. The minimum absolute atomic E-state index is 0.464. The van der Waals surface area contributed by atoms with Crippen molar-refractivity contribution in [3.05, 3.63) is 45.1 Å². The van der Waals surface area contributed by atoms with E-state index in [9.17, 15) is 0 Å². The van der Waals surface area contributed by atoms with Crippen molar-refractivity contribution in [2.75, 3.05) is 12.4 Å². The number of aromatic nitrogens is 2. The fraction of sp³-hybridized carbons (Fsp3) is 0.167. The van der Waals surface area contributed by atoms with Crippen LogP contribution < -0.4 is 10.1 Å². The summed E-state index contributed by atoms with van der Waals surface area (Å²) in [4.78, 5) is 8.16. The van der Waals surface area contributed by atoms with Crippen LogP contribution in [0.5, 0.6) is 5.88 Å². The minimum atomic E-state index is 0.464. The largest absolute Gasteiger partial charge is 0.472 e. The molecule has 0 aliphatic heterocycles. The lowest BCUT2D eigenvalue weighted by Crippen LogP contribution is -2.01. The second kappa shape index (κ2) is 6.15. The van der Waals surface area contributed by atoms with Crippen molar-refractivity contribution in [2.24, 2.45) is 0 Å². The second-order valence-corrected chi connectivity index (χ2v) is 5.22. The van der Waals surface area contributed by atoms with E-state index < -0.39 is 0 Å². The van der Waals surface area contributed by atoms with E-state index in [1.54, 1.807) is 7.05 Å². The minimum Gasteiger partial charge on any atom is -0.472 e. The van der Waals surface area contributed by atoms with Gasteiger partial charge in [-0.2, -0.15) is 0 Å². The van der Waals surface area contributed by atoms with Gasteiger partial charge in [-0.3, -0.25) is 0 Å². The molecule has 0 amide bonds. The standard InChI is InChI=1S/C12H11Br2N3O/c1-15-11-10(14)12(17-7-16-11)18-6-8-2-4-9(13)5-3-8/h2-5,7H,6H2,1H3,(H,15,16,17). The lowest BCUT2D eigenvalue weighted by Gasteiger charge is -2.09. The predicted molar refractivity (Wildman–Crippen MR) is 77.8 cm³/mol. The van der Waals surface area contributed by atoms with Gasteiger partial charge < -0.3 is 10.1 Å². The molecule has 0 atom stereocenters. The normalized spacial score (nSPS) is 10.2. The molecule has 0 radical (unpaired) electrons. The lowest BCUT2D eigenvalue weighted by atomic mass is 10.2. The number of ether oxygens (including phenoxy) is 1. The Hall–Kier alpha value is -1.14. The van der Waals surface area contributed by atoms with Crippen LogP contribution in [0.25, 0.3) is 0 Å². The summed E-state index contributed by atoms with van der Waals surface area (Å²) >= 11 is 6.80. The Labute approximate surface area is 122 Å². The average Bonchev–Trinajstić information content (AvgIpc) is 2.39. The molecule has 0 aliphatic rings. The van der Waals surface area contributed by atoms with Crippen molar-refractivity contribution >= 4 is 37.7 Å². The van der Waals surface area contributed by atoms with E-state index in [1.807, 2.05) is 24.3 Å². The van der Waals surface area contributed by atoms with E-state index in [2.05, 4.69) is 47.1 Å². The fourth-order valence-corrected chi connectivity index (χ4v) is 2.14. The molecule has 0 saturated heterocycles. The van der Waals surface area contributed by atoms with Crippen LogP contribution in [0.1, 0.15) is 5.56 Å². The van der Waals surface area contributed by atoms with Gasteiger partial charge in [0.15, 0.2) is 0 Å². The van der Waals surface area contributed by atoms with Crippen molar-refractivity contribution in [1.82, 2.24) is 9.97 Å². The van der Waals surface area contributed by atoms with Crippen LogP contribution in [0.2, 0.25) is 0 Å². The summed E-state index contributed by atoms with van der Waals surface area (Å²) in [7, 11) is 1.80. The highest BCUT2D eigenvalue weighted by atomic mass is 79.9. The monoisotopic (exact) mass is 371 g/mol. The number of rotatable bonds is 4. The molecule has 1 aromatic carbocycles. The molecule has 1 aromatic heterocycles. The molecule has 0 unspecified atom stereocenters. The quantitative estimate of drug-likeness (QED) is 0.890. The molecule has 2 rings (SSSR count). The fourth-order valence-electron chi connectivity index (χ4n) is 1.36. The molecule has 4 nitrogen and oxygen atoms in total. The van der Waals surface area contributed by atoms with Gasteiger partial charge in [-0.1, -0.05) is 28.1 Å². The topological polar surface area (TPSA) is 47.0 Å². The third-order valence-corrected chi connectivity index (χ3v) is 3.53. The molecule has 0 saturated carbocycles. The first kappa shape index (κ1) is 13.3. The highest BCUT2D eigenvalue weighted by Crippen LogP contribution is 2.28. The molecule has 2 aromatic rings. The number of hydrogen-bond donors (Lipinski definition) is 1. The van der Waals surface area contributed by atoms with Gasteiger partial charge in [-0.05, 0) is 33.6 Å². The Balaban J connectivity index is 2.08. The van der Waals surface area contributed by atoms with Gasteiger partial charge >= 0.3 is 0 Å². The zero-order valence-corrected chi connectivity index (χ0v) is 12.8. The van der Waals surface area contributed by atoms with E-state index in [-0.39, 0.29) is 0 Å². The maximum atomic E-state index is 5.65. The van der Waals surface area contributed by atoms with Crippen molar-refractivity contribution in [1.29, 1.82) is 0 Å². The Morgan fingerprint density at radius 3 is 2.56 bits per heavy atom. The number of halogens is 2. The second-order valence-electron chi connectivity index (χ2n) is 3.51. The van der Waals surface area contributed by atoms with Gasteiger partial charge in [0.05, 0.1) is 0 Å². The van der Waals surface area contributed by atoms with Gasteiger partial charge in [-0.15, -0.1) is 0 Å². The lowest BCUT2D eigenvalue weighted by molar-refractivity contribution is 0.291. The number of nitrogens with zero attached hydrogens (tertiary/aromatic N) is 2. The number of anilines is 1. The van der Waals surface area contributed by atoms with Gasteiger partial charge in [0.25, 0.3) is 0 Å². The molecule has 1 N–H and O–H groups in total. The van der Waals surface area contributed by atoms with E-state index in [0.29, 0.717) is 18.3 Å². The smallest absolute Gasteiger partial charge is 0.233 e. The summed E-state index contributed by atoms with van der Waals surface area (Å²) in [6.07, 6.45) is 1.47. The van der Waals surface area contributed by atoms with Crippen molar-refractivity contribution in [3.8, 4) is 5.88 Å². The van der Waals surface area contributed by atoms with Crippen LogP contribution >= 0.6 is 31.9 Å². The molecule has 18 heavy (non-hydrogen) atoms. The molecule has 0 spiro atoms. The zero-order valence-electron chi connectivity index (χ0n) is 9.65. The molecule has 0 fully saturated rings. The first-order chi connectivity index (χ1) is 8.70. The van der Waals surface area contributed by atoms with Crippen LogP contribution in [0.15, 0.2) is 39.5 Å². The molecule has 0 aliphatic carbocycles. The average molecular weight is 373 g/mol. The van der Waals surface area contributed by atoms with Crippen molar-refractivity contribution in [2.45, 2.75) is 6.61 Å². The van der Waals surface area contributed by atoms with Crippen molar-refractivity contribution < 1.29 is 4.74 Å². The molecule has 1 heterocycles. The Morgan fingerprint density at radius 2 is 1.89 bits per heavy atom. The van der Waals surface area contributed by atoms with Crippen LogP contribution in [0.4, 0.5) is 5.82 Å². The maximum absolute atomic E-state index is 5.65. The van der Waals surface area contributed by atoms with Gasteiger partial charge in [-0.25, -0.2) is 9.97 Å². The van der Waals surface area contributed by atoms with E-state index in [1.165, 1.54) is 6.33 Å². The van der Waals surface area contributed by atoms with Crippen LogP contribution in [-0.4, -0.2) is 17.0 Å². The highest BCUT2D eigenvalue weighted by Gasteiger charge is 2.08. The van der Waals surface area contributed by atoms with Gasteiger partial charge in [0, 0.05) is 11.5 Å². The van der Waals surface area contributed by atoms with Crippen LogP contribution in [-0.2, 0) is 6.61 Å². The third-order valence-electron chi connectivity index (χ3n) is 2.28. The van der Waals surface area contributed by atoms with Gasteiger partial charge in [0.2, 0.25) is 5.88 Å². The number of benzene rings is 1. The molecular formula is C12H11Br2N3O. The summed E-state index contributed by atoms with van der Waals surface area (Å²) in [5, 5.41) is 2.96. The summed E-state index contributed by atoms with van der Waals surface area (Å²) in [6, 6.07) is 7.95. The molecular weight excluding hydrogens is 362 g/mol.